The Morgan fingerprint density at radius 1 is 1.31 bits per heavy atom. The van der Waals surface area contributed by atoms with Crippen LogP contribution >= 0.6 is 24.0 Å². The maximum atomic E-state index is 12.3. The molecule has 1 unspecified atom stereocenters. The number of hydrogen-bond donors (Lipinski definition) is 2. The Kier molecular flexibility index (Phi) is 12.0. The van der Waals surface area contributed by atoms with Crippen LogP contribution in [0.5, 0.6) is 5.75 Å². The number of methoxy groups -OCH3 is 1. The SMILES string of the molecule is CCNC(=NCc1ccccc1OC)NCCCN1CCCC1C(=O)N(C)C.I. The van der Waals surface area contributed by atoms with Gasteiger partial charge in [0.15, 0.2) is 5.96 Å². The molecular formula is C21H36IN5O2. The third-order valence-electron chi connectivity index (χ3n) is 4.95. The van der Waals surface area contributed by atoms with Crippen molar-refractivity contribution >= 4 is 35.8 Å². The quantitative estimate of drug-likeness (QED) is 0.228. The molecule has 2 rings (SSSR count). The molecule has 2 N–H and O–H groups in total. The molecule has 1 amide bonds. The van der Waals surface area contributed by atoms with Gasteiger partial charge in [-0.2, -0.15) is 0 Å². The molecule has 29 heavy (non-hydrogen) atoms. The lowest BCUT2D eigenvalue weighted by Crippen LogP contribution is -2.44. The highest BCUT2D eigenvalue weighted by molar-refractivity contribution is 14.0. The van der Waals surface area contributed by atoms with Crippen molar-refractivity contribution < 1.29 is 9.53 Å². The van der Waals surface area contributed by atoms with Gasteiger partial charge in [0.25, 0.3) is 0 Å². The number of carbonyl (C=O) groups is 1. The summed E-state index contributed by atoms with van der Waals surface area (Å²) in [5.41, 5.74) is 1.06. The van der Waals surface area contributed by atoms with Crippen LogP contribution in [0.1, 0.15) is 31.7 Å². The third kappa shape index (κ3) is 8.00. The summed E-state index contributed by atoms with van der Waals surface area (Å²) in [5, 5.41) is 6.68. The third-order valence-corrected chi connectivity index (χ3v) is 4.95. The second-order valence-electron chi connectivity index (χ2n) is 7.21. The van der Waals surface area contributed by atoms with E-state index < -0.39 is 0 Å². The summed E-state index contributed by atoms with van der Waals surface area (Å²) < 4.78 is 5.39. The molecule has 1 aliphatic heterocycles. The zero-order valence-electron chi connectivity index (χ0n) is 18.1. The van der Waals surface area contributed by atoms with Crippen LogP contribution in [0.4, 0.5) is 0 Å². The van der Waals surface area contributed by atoms with Gasteiger partial charge in [-0.25, -0.2) is 4.99 Å². The van der Waals surface area contributed by atoms with Crippen LogP contribution < -0.4 is 15.4 Å². The van der Waals surface area contributed by atoms with E-state index in [1.54, 1.807) is 12.0 Å². The molecule has 1 aromatic rings. The lowest BCUT2D eigenvalue weighted by atomic mass is 10.2. The first-order valence-corrected chi connectivity index (χ1v) is 10.2. The van der Waals surface area contributed by atoms with Crippen molar-refractivity contribution in [1.82, 2.24) is 20.4 Å². The van der Waals surface area contributed by atoms with E-state index >= 15 is 0 Å². The Balaban J connectivity index is 0.00000420. The summed E-state index contributed by atoms with van der Waals surface area (Å²) >= 11 is 0. The van der Waals surface area contributed by atoms with Crippen LogP contribution in [0.3, 0.4) is 0 Å². The summed E-state index contributed by atoms with van der Waals surface area (Å²) in [6.45, 7) is 6.17. The van der Waals surface area contributed by atoms with E-state index in [1.807, 2.05) is 38.4 Å². The number of amides is 1. The normalized spacial score (nSPS) is 16.8. The number of rotatable bonds is 9. The smallest absolute Gasteiger partial charge is 0.239 e. The van der Waals surface area contributed by atoms with Gasteiger partial charge in [0.2, 0.25) is 5.91 Å². The van der Waals surface area contributed by atoms with Gasteiger partial charge in [0.1, 0.15) is 5.75 Å². The average molecular weight is 517 g/mol. The zero-order chi connectivity index (χ0) is 20.4. The monoisotopic (exact) mass is 517 g/mol. The number of nitrogens with one attached hydrogen (secondary N) is 2. The lowest BCUT2D eigenvalue weighted by Gasteiger charge is -2.26. The number of ether oxygens (including phenoxy) is 1. The van der Waals surface area contributed by atoms with Crippen molar-refractivity contribution in [2.75, 3.05) is 47.4 Å². The lowest BCUT2D eigenvalue weighted by molar-refractivity contribution is -0.133. The minimum absolute atomic E-state index is 0. The number of carbonyl (C=O) groups excluding carboxylic acids is 1. The Bertz CT molecular complexity index is 654. The van der Waals surface area contributed by atoms with Crippen LogP contribution in [0.25, 0.3) is 0 Å². The van der Waals surface area contributed by atoms with Crippen LogP contribution in [-0.4, -0.2) is 75.1 Å². The Hall–Kier alpha value is -1.55. The molecule has 0 spiro atoms. The first-order valence-electron chi connectivity index (χ1n) is 10.2. The molecule has 0 saturated carbocycles. The first-order chi connectivity index (χ1) is 13.6. The number of benzene rings is 1. The summed E-state index contributed by atoms with van der Waals surface area (Å²) in [7, 11) is 5.35. The van der Waals surface area contributed by atoms with Gasteiger partial charge in [-0.3, -0.25) is 9.69 Å². The first kappa shape index (κ1) is 25.5. The van der Waals surface area contributed by atoms with E-state index in [2.05, 4.69) is 27.4 Å². The Morgan fingerprint density at radius 2 is 2.07 bits per heavy atom. The topological polar surface area (TPSA) is 69.2 Å². The largest absolute Gasteiger partial charge is 0.496 e. The highest BCUT2D eigenvalue weighted by Gasteiger charge is 2.30. The number of halogens is 1. The summed E-state index contributed by atoms with van der Waals surface area (Å²) in [6.07, 6.45) is 3.03. The summed E-state index contributed by atoms with van der Waals surface area (Å²) in [4.78, 5) is 21.0. The standard InChI is InChI=1S/C21H35N5O2.HI/c1-5-22-21(24-16-17-10-6-7-12-19(17)28-4)23-13-9-15-26-14-8-11-18(26)20(27)25(2)3;/h6-7,10,12,18H,5,8-9,11,13-16H2,1-4H3,(H2,22,23,24);1H. The molecule has 1 heterocycles. The number of likely N-dealkylation sites (N-methyl/N-ethyl adjacent to an activating group) is 1. The predicted molar refractivity (Wildman–Crippen MR) is 129 cm³/mol. The highest BCUT2D eigenvalue weighted by atomic mass is 127. The maximum Gasteiger partial charge on any atom is 0.239 e. The van der Waals surface area contributed by atoms with E-state index in [1.165, 1.54) is 0 Å². The van der Waals surface area contributed by atoms with Crippen LogP contribution in [0.15, 0.2) is 29.3 Å². The van der Waals surface area contributed by atoms with Crippen molar-refractivity contribution in [2.45, 2.75) is 38.8 Å². The minimum Gasteiger partial charge on any atom is -0.496 e. The van der Waals surface area contributed by atoms with Crippen molar-refractivity contribution in [3.8, 4) is 5.75 Å². The van der Waals surface area contributed by atoms with E-state index in [9.17, 15) is 4.79 Å². The summed E-state index contributed by atoms with van der Waals surface area (Å²) in [5.74, 6) is 1.88. The minimum atomic E-state index is 0. The fourth-order valence-corrected chi connectivity index (χ4v) is 3.50. The molecule has 0 aliphatic carbocycles. The number of aliphatic imine (C=N–C) groups is 1. The number of para-hydroxylation sites is 1. The molecule has 1 aromatic carbocycles. The summed E-state index contributed by atoms with van der Waals surface area (Å²) in [6, 6.07) is 7.98. The number of likely N-dealkylation sites (tertiary alicyclic amines) is 1. The molecule has 164 valence electrons. The molecule has 1 saturated heterocycles. The Morgan fingerprint density at radius 3 is 2.76 bits per heavy atom. The zero-order valence-corrected chi connectivity index (χ0v) is 20.4. The second-order valence-corrected chi connectivity index (χ2v) is 7.21. The molecular weight excluding hydrogens is 481 g/mol. The van der Waals surface area contributed by atoms with Gasteiger partial charge in [-0.05, 0) is 38.8 Å². The fourth-order valence-electron chi connectivity index (χ4n) is 3.50. The predicted octanol–water partition coefficient (Wildman–Crippen LogP) is 2.31. The van der Waals surface area contributed by atoms with Crippen LogP contribution in [0, 0.1) is 0 Å². The Labute approximate surface area is 192 Å². The van der Waals surface area contributed by atoms with Crippen molar-refractivity contribution in [3.63, 3.8) is 0 Å². The van der Waals surface area contributed by atoms with E-state index in [4.69, 9.17) is 4.74 Å². The van der Waals surface area contributed by atoms with Crippen molar-refractivity contribution in [3.05, 3.63) is 29.8 Å². The van der Waals surface area contributed by atoms with E-state index in [0.29, 0.717) is 6.54 Å². The number of nitrogens with zero attached hydrogens (tertiary/aromatic N) is 3. The van der Waals surface area contributed by atoms with E-state index in [-0.39, 0.29) is 35.9 Å². The molecule has 1 aliphatic rings. The van der Waals surface area contributed by atoms with Crippen molar-refractivity contribution in [2.24, 2.45) is 4.99 Å². The molecule has 1 atom stereocenters. The molecule has 1 fully saturated rings. The van der Waals surface area contributed by atoms with Gasteiger partial charge >= 0.3 is 0 Å². The average Bonchev–Trinajstić information content (AvgIpc) is 3.17. The number of hydrogen-bond acceptors (Lipinski definition) is 4. The van der Waals surface area contributed by atoms with Crippen LogP contribution in [-0.2, 0) is 11.3 Å². The molecule has 0 radical (unpaired) electrons. The maximum absolute atomic E-state index is 12.3. The van der Waals surface area contributed by atoms with Gasteiger partial charge in [0.05, 0.1) is 19.7 Å². The van der Waals surface area contributed by atoms with Gasteiger partial charge in [-0.15, -0.1) is 24.0 Å². The van der Waals surface area contributed by atoms with Gasteiger partial charge in [0, 0.05) is 39.3 Å². The van der Waals surface area contributed by atoms with Gasteiger partial charge in [-0.1, -0.05) is 18.2 Å². The van der Waals surface area contributed by atoms with E-state index in [0.717, 1.165) is 62.7 Å². The highest BCUT2D eigenvalue weighted by Crippen LogP contribution is 2.19. The molecule has 7 nitrogen and oxygen atoms in total. The molecule has 8 heteroatoms. The van der Waals surface area contributed by atoms with Crippen molar-refractivity contribution in [1.29, 1.82) is 0 Å². The molecule has 0 bridgehead atoms. The molecule has 0 aromatic heterocycles. The fraction of sp³-hybridized carbons (Fsp3) is 0.619. The van der Waals surface area contributed by atoms with Crippen LogP contribution in [0.2, 0.25) is 0 Å². The number of guanidine groups is 1. The van der Waals surface area contributed by atoms with Gasteiger partial charge < -0.3 is 20.3 Å². The second kappa shape index (κ2) is 13.6.